The van der Waals surface area contributed by atoms with Crippen LogP contribution in [-0.2, 0) is 0 Å². The lowest BCUT2D eigenvalue weighted by Crippen LogP contribution is -2.36. The molecule has 2 atom stereocenters. The van der Waals surface area contributed by atoms with E-state index in [-0.39, 0.29) is 35.8 Å². The predicted molar refractivity (Wildman–Crippen MR) is 80.0 cm³/mol. The van der Waals surface area contributed by atoms with Crippen molar-refractivity contribution in [2.75, 3.05) is 0 Å². The van der Waals surface area contributed by atoms with Crippen LogP contribution in [0.25, 0.3) is 0 Å². The highest BCUT2D eigenvalue weighted by molar-refractivity contribution is 6.05. The maximum absolute atomic E-state index is 12.2. The number of hydrogen-bond donors (Lipinski definition) is 5. The van der Waals surface area contributed by atoms with E-state index in [0.717, 1.165) is 18.2 Å². The fraction of sp³-hybridized carbons (Fsp3) is 0.188. The van der Waals surface area contributed by atoms with Crippen LogP contribution in [0.1, 0.15) is 29.5 Å². The molecule has 7 heteroatoms. The van der Waals surface area contributed by atoms with Crippen molar-refractivity contribution in [1.29, 1.82) is 0 Å². The molecule has 0 spiro atoms. The van der Waals surface area contributed by atoms with E-state index in [4.69, 9.17) is 4.74 Å². The average molecular weight is 320 g/mol. The first-order valence-corrected chi connectivity index (χ1v) is 6.35. The van der Waals surface area contributed by atoms with Gasteiger partial charge in [-0.3, -0.25) is 4.79 Å². The largest absolute Gasteiger partial charge is 0.508 e. The maximum atomic E-state index is 12.2. The van der Waals surface area contributed by atoms with Crippen molar-refractivity contribution < 1.29 is 35.1 Å². The number of fused-ring (bicyclic) bond motifs is 1. The number of aromatic hydroxyl groups is 4. The number of carbonyl (C=O) groups is 1. The Morgan fingerprint density at radius 2 is 1.61 bits per heavy atom. The Balaban J connectivity index is 0.00000192. The van der Waals surface area contributed by atoms with Gasteiger partial charge in [0.25, 0.3) is 0 Å². The number of phenols is 4. The van der Waals surface area contributed by atoms with E-state index in [9.17, 15) is 30.3 Å². The third kappa shape index (κ3) is 2.62. The Bertz CT molecular complexity index is 769. The number of rotatable bonds is 1. The summed E-state index contributed by atoms with van der Waals surface area (Å²) in [6, 6.07) is 5.85. The second kappa shape index (κ2) is 5.69. The SMILES string of the molecule is C.O=C1c2c(O)cc(O)cc2OC(c2ccc(O)c(O)c2)C1O. The van der Waals surface area contributed by atoms with E-state index in [0.29, 0.717) is 0 Å². The first-order valence-electron chi connectivity index (χ1n) is 6.35. The molecule has 0 fully saturated rings. The van der Waals surface area contributed by atoms with Gasteiger partial charge in [-0.25, -0.2) is 0 Å². The maximum Gasteiger partial charge on any atom is 0.202 e. The Labute approximate surface area is 131 Å². The third-order valence-electron chi connectivity index (χ3n) is 3.45. The zero-order valence-electron chi connectivity index (χ0n) is 11.1. The molecule has 0 saturated heterocycles. The Morgan fingerprint density at radius 3 is 2.26 bits per heavy atom. The molecule has 5 N–H and O–H groups in total. The molecule has 1 aliphatic heterocycles. The minimum atomic E-state index is -1.60. The van der Waals surface area contributed by atoms with Crippen molar-refractivity contribution in [3.8, 4) is 28.7 Å². The molecule has 2 aromatic carbocycles. The molecule has 7 nitrogen and oxygen atoms in total. The normalized spacial score (nSPS) is 19.4. The summed E-state index contributed by atoms with van der Waals surface area (Å²) < 4.78 is 5.47. The summed E-state index contributed by atoms with van der Waals surface area (Å²) in [7, 11) is 0. The van der Waals surface area contributed by atoms with Crippen LogP contribution in [0.2, 0.25) is 0 Å². The molecule has 3 rings (SSSR count). The number of aliphatic hydroxyl groups excluding tert-OH is 1. The van der Waals surface area contributed by atoms with Gasteiger partial charge in [-0.2, -0.15) is 0 Å². The van der Waals surface area contributed by atoms with E-state index < -0.39 is 29.5 Å². The van der Waals surface area contributed by atoms with Gasteiger partial charge in [0.2, 0.25) is 5.78 Å². The molecule has 2 aromatic rings. The van der Waals surface area contributed by atoms with E-state index in [1.165, 1.54) is 12.1 Å². The number of phenolic OH excluding ortho intramolecular Hbond substituents is 4. The lowest BCUT2D eigenvalue weighted by atomic mass is 9.92. The summed E-state index contributed by atoms with van der Waals surface area (Å²) >= 11 is 0. The molecule has 0 saturated carbocycles. The first-order chi connectivity index (χ1) is 10.4. The van der Waals surface area contributed by atoms with Crippen molar-refractivity contribution in [3.63, 3.8) is 0 Å². The molecule has 0 amide bonds. The summed E-state index contributed by atoms with van der Waals surface area (Å²) in [5, 5.41) is 48.1. The zero-order valence-corrected chi connectivity index (χ0v) is 11.1. The zero-order chi connectivity index (χ0) is 16.0. The smallest absolute Gasteiger partial charge is 0.202 e. The van der Waals surface area contributed by atoms with Gasteiger partial charge in [0.15, 0.2) is 23.7 Å². The van der Waals surface area contributed by atoms with Crippen LogP contribution in [0.4, 0.5) is 0 Å². The van der Waals surface area contributed by atoms with Crippen LogP contribution < -0.4 is 4.74 Å². The average Bonchev–Trinajstić information content (AvgIpc) is 2.45. The quantitative estimate of drug-likeness (QED) is 0.507. The van der Waals surface area contributed by atoms with Crippen LogP contribution >= 0.6 is 0 Å². The van der Waals surface area contributed by atoms with E-state index >= 15 is 0 Å². The van der Waals surface area contributed by atoms with Crippen LogP contribution in [0.15, 0.2) is 30.3 Å². The third-order valence-corrected chi connectivity index (χ3v) is 3.45. The lowest BCUT2D eigenvalue weighted by Gasteiger charge is -2.30. The highest BCUT2D eigenvalue weighted by Crippen LogP contribution is 2.42. The molecule has 1 heterocycles. The predicted octanol–water partition coefficient (Wildman–Crippen LogP) is 1.82. The summed E-state index contributed by atoms with van der Waals surface area (Å²) in [5.74, 6) is -2.41. The van der Waals surface area contributed by atoms with Gasteiger partial charge >= 0.3 is 0 Å². The van der Waals surface area contributed by atoms with E-state index in [2.05, 4.69) is 0 Å². The second-order valence-corrected chi connectivity index (χ2v) is 4.93. The van der Waals surface area contributed by atoms with Gasteiger partial charge in [-0.15, -0.1) is 0 Å². The molecule has 23 heavy (non-hydrogen) atoms. The number of benzene rings is 2. The topological polar surface area (TPSA) is 127 Å². The van der Waals surface area contributed by atoms with E-state index in [1.54, 1.807) is 0 Å². The minimum Gasteiger partial charge on any atom is -0.508 e. The van der Waals surface area contributed by atoms with Crippen molar-refractivity contribution in [2.24, 2.45) is 0 Å². The van der Waals surface area contributed by atoms with Crippen LogP contribution in [0.3, 0.4) is 0 Å². The molecule has 0 radical (unpaired) electrons. The molecule has 0 bridgehead atoms. The number of Topliss-reactive ketones (excluding diaryl/α,β-unsaturated/α-hetero) is 1. The van der Waals surface area contributed by atoms with E-state index in [1.807, 2.05) is 0 Å². The molecule has 0 aliphatic carbocycles. The van der Waals surface area contributed by atoms with Crippen molar-refractivity contribution in [3.05, 3.63) is 41.5 Å². The summed E-state index contributed by atoms with van der Waals surface area (Å²) in [5.41, 5.74) is 0.0363. The highest BCUT2D eigenvalue weighted by Gasteiger charge is 2.39. The standard InChI is InChI=1S/C15H12O7.CH4/c16-7-4-10(19)12-11(5-7)22-15(14(21)13(12)20)6-1-2-8(17)9(18)3-6;/h1-5,14-19,21H;1H4. The highest BCUT2D eigenvalue weighted by atomic mass is 16.5. The molecular formula is C16H16O7. The monoisotopic (exact) mass is 320 g/mol. The number of ether oxygens (including phenoxy) is 1. The van der Waals surface area contributed by atoms with Gasteiger partial charge in [0, 0.05) is 12.1 Å². The Kier molecular flexibility index (Phi) is 4.07. The van der Waals surface area contributed by atoms with Gasteiger partial charge in [0.05, 0.1) is 0 Å². The molecule has 122 valence electrons. The number of aliphatic hydroxyl groups is 1. The lowest BCUT2D eigenvalue weighted by molar-refractivity contribution is 0.0210. The fourth-order valence-corrected chi connectivity index (χ4v) is 2.38. The first kappa shape index (κ1) is 16.4. The van der Waals surface area contributed by atoms with Crippen molar-refractivity contribution >= 4 is 5.78 Å². The summed E-state index contributed by atoms with van der Waals surface area (Å²) in [6.07, 6.45) is -2.75. The van der Waals surface area contributed by atoms with Crippen LogP contribution in [0.5, 0.6) is 28.7 Å². The molecular weight excluding hydrogens is 304 g/mol. The van der Waals surface area contributed by atoms with Crippen molar-refractivity contribution in [2.45, 2.75) is 19.6 Å². The fourth-order valence-electron chi connectivity index (χ4n) is 2.38. The van der Waals surface area contributed by atoms with Gasteiger partial charge in [-0.1, -0.05) is 13.5 Å². The Hall–Kier alpha value is -2.93. The van der Waals surface area contributed by atoms with Crippen molar-refractivity contribution in [1.82, 2.24) is 0 Å². The Morgan fingerprint density at radius 1 is 0.913 bits per heavy atom. The van der Waals surface area contributed by atoms with Crippen LogP contribution in [-0.4, -0.2) is 37.4 Å². The summed E-state index contributed by atoms with van der Waals surface area (Å²) in [4.78, 5) is 12.2. The molecule has 1 aliphatic rings. The van der Waals surface area contributed by atoms with Gasteiger partial charge in [0.1, 0.15) is 22.8 Å². The summed E-state index contributed by atoms with van der Waals surface area (Å²) in [6.45, 7) is 0. The van der Waals surface area contributed by atoms with Gasteiger partial charge in [-0.05, 0) is 17.7 Å². The number of hydrogen-bond acceptors (Lipinski definition) is 7. The molecule has 0 aromatic heterocycles. The second-order valence-electron chi connectivity index (χ2n) is 4.93. The van der Waals surface area contributed by atoms with Crippen LogP contribution in [0, 0.1) is 0 Å². The van der Waals surface area contributed by atoms with Gasteiger partial charge < -0.3 is 30.3 Å². The number of carbonyl (C=O) groups excluding carboxylic acids is 1. The number of ketones is 1. The molecule has 2 unspecified atom stereocenters. The minimum absolute atomic E-state index is 0.